The Balaban J connectivity index is 2.06. The van der Waals surface area contributed by atoms with Crippen LogP contribution in [0.25, 0.3) is 11.8 Å². The second-order valence-corrected chi connectivity index (χ2v) is 6.74. The number of rotatable bonds is 2. The van der Waals surface area contributed by atoms with Gasteiger partial charge in [-0.3, -0.25) is 9.69 Å². The van der Waals surface area contributed by atoms with Crippen LogP contribution in [0.15, 0.2) is 36.0 Å². The van der Waals surface area contributed by atoms with E-state index < -0.39 is 6.03 Å². The molecule has 1 aromatic carbocycles. The number of aromatic nitrogens is 1. The average Bonchev–Trinajstić information content (AvgIpc) is 2.91. The predicted molar refractivity (Wildman–Crippen MR) is 97.2 cm³/mol. The molecule has 2 heterocycles. The molecule has 0 saturated carbocycles. The smallest absolute Gasteiger partial charge is 0.318 e. The Hall–Kier alpha value is -2.09. The molecular weight excluding hydrogens is 405 g/mol. The quantitative estimate of drug-likeness (QED) is 0.460. The number of likely N-dealkylation sites (N-methyl/N-ethyl adjacent to an activating group) is 1. The number of nitrogens with zero attached hydrogens (tertiary/aromatic N) is 2. The Bertz CT molecular complexity index is 852. The topological polar surface area (TPSA) is 54.3 Å². The molecule has 3 amide bonds. The molecule has 6 heteroatoms. The van der Waals surface area contributed by atoms with E-state index in [1.807, 2.05) is 32.0 Å². The Morgan fingerprint density at radius 2 is 1.91 bits per heavy atom. The fraction of sp³-hybridized carbons (Fsp3) is 0.176. The Morgan fingerprint density at radius 3 is 2.52 bits per heavy atom. The fourth-order valence-electron chi connectivity index (χ4n) is 2.73. The van der Waals surface area contributed by atoms with Gasteiger partial charge in [0.25, 0.3) is 5.91 Å². The van der Waals surface area contributed by atoms with Crippen molar-refractivity contribution in [2.45, 2.75) is 13.8 Å². The van der Waals surface area contributed by atoms with Crippen LogP contribution in [0.5, 0.6) is 0 Å². The lowest BCUT2D eigenvalue weighted by atomic mass is 10.2. The van der Waals surface area contributed by atoms with Gasteiger partial charge in [-0.2, -0.15) is 0 Å². The first kappa shape index (κ1) is 15.8. The van der Waals surface area contributed by atoms with Gasteiger partial charge < -0.3 is 9.88 Å². The molecular formula is C17H16IN3O2. The highest BCUT2D eigenvalue weighted by Crippen LogP contribution is 2.24. The SMILES string of the molecule is Cc1cc(/C=C2/NC(=O)N(C)C2=O)c(C)n1-c1cccc(I)c1. The van der Waals surface area contributed by atoms with Crippen molar-refractivity contribution in [2.75, 3.05) is 7.05 Å². The minimum absolute atomic E-state index is 0.306. The standard InChI is InChI=1S/C17H16IN3O2/c1-10-7-12(8-15-16(22)20(3)17(23)19-15)11(2)21(10)14-6-4-5-13(18)9-14/h4-9H,1-3H3,(H,19,23)/b15-8+. The molecule has 0 unspecified atom stereocenters. The van der Waals surface area contributed by atoms with Crippen LogP contribution in [-0.2, 0) is 4.79 Å². The molecule has 1 aromatic heterocycles. The van der Waals surface area contributed by atoms with Crippen LogP contribution in [-0.4, -0.2) is 28.5 Å². The zero-order chi connectivity index (χ0) is 16.7. The highest BCUT2D eigenvalue weighted by Gasteiger charge is 2.30. The number of carbonyl (C=O) groups excluding carboxylic acids is 2. The average molecular weight is 421 g/mol. The van der Waals surface area contributed by atoms with E-state index in [1.54, 1.807) is 6.08 Å². The summed E-state index contributed by atoms with van der Waals surface area (Å²) >= 11 is 2.29. The van der Waals surface area contributed by atoms with Crippen molar-refractivity contribution in [3.05, 3.63) is 56.6 Å². The number of urea groups is 1. The fourth-order valence-corrected chi connectivity index (χ4v) is 3.25. The Morgan fingerprint density at radius 1 is 1.17 bits per heavy atom. The van der Waals surface area contributed by atoms with Crippen molar-refractivity contribution in [1.29, 1.82) is 0 Å². The number of carbonyl (C=O) groups is 2. The molecule has 118 valence electrons. The van der Waals surface area contributed by atoms with Crippen molar-refractivity contribution >= 4 is 40.6 Å². The summed E-state index contributed by atoms with van der Waals surface area (Å²) in [5.74, 6) is -0.311. The molecule has 1 N–H and O–H groups in total. The van der Waals surface area contributed by atoms with Gasteiger partial charge in [-0.1, -0.05) is 6.07 Å². The number of imide groups is 1. The lowest BCUT2D eigenvalue weighted by molar-refractivity contribution is -0.121. The molecule has 0 spiro atoms. The van der Waals surface area contributed by atoms with Gasteiger partial charge in [0.2, 0.25) is 0 Å². The van der Waals surface area contributed by atoms with Crippen LogP contribution >= 0.6 is 22.6 Å². The van der Waals surface area contributed by atoms with Crippen LogP contribution in [0.1, 0.15) is 17.0 Å². The summed E-state index contributed by atoms with van der Waals surface area (Å²) < 4.78 is 3.30. The summed E-state index contributed by atoms with van der Waals surface area (Å²) in [7, 11) is 1.47. The molecule has 5 nitrogen and oxygen atoms in total. The van der Waals surface area contributed by atoms with E-state index >= 15 is 0 Å². The zero-order valence-corrected chi connectivity index (χ0v) is 15.2. The van der Waals surface area contributed by atoms with E-state index in [9.17, 15) is 9.59 Å². The molecule has 0 atom stereocenters. The predicted octanol–water partition coefficient (Wildman–Crippen LogP) is 3.22. The van der Waals surface area contributed by atoms with E-state index in [1.165, 1.54) is 7.05 Å². The lowest BCUT2D eigenvalue weighted by Crippen LogP contribution is -2.25. The summed E-state index contributed by atoms with van der Waals surface area (Å²) in [4.78, 5) is 24.6. The molecule has 0 bridgehead atoms. The van der Waals surface area contributed by atoms with E-state index in [0.717, 1.165) is 31.1 Å². The van der Waals surface area contributed by atoms with Crippen molar-refractivity contribution in [1.82, 2.24) is 14.8 Å². The number of hydrogen-bond donors (Lipinski definition) is 1. The van der Waals surface area contributed by atoms with Gasteiger partial charge in [0.1, 0.15) is 5.70 Å². The number of benzene rings is 1. The van der Waals surface area contributed by atoms with Crippen LogP contribution in [0, 0.1) is 17.4 Å². The van der Waals surface area contributed by atoms with Crippen LogP contribution < -0.4 is 5.32 Å². The van der Waals surface area contributed by atoms with E-state index in [2.05, 4.69) is 44.6 Å². The van der Waals surface area contributed by atoms with Gasteiger partial charge >= 0.3 is 6.03 Å². The van der Waals surface area contributed by atoms with Crippen molar-refractivity contribution in [3.8, 4) is 5.69 Å². The lowest BCUT2D eigenvalue weighted by Gasteiger charge is -2.10. The Labute approximate surface area is 148 Å². The van der Waals surface area contributed by atoms with Crippen molar-refractivity contribution in [3.63, 3.8) is 0 Å². The van der Waals surface area contributed by atoms with Crippen LogP contribution in [0.4, 0.5) is 4.79 Å². The first-order chi connectivity index (χ1) is 10.9. The number of hydrogen-bond acceptors (Lipinski definition) is 2. The molecule has 23 heavy (non-hydrogen) atoms. The third-order valence-corrected chi connectivity index (χ3v) is 4.59. The minimum Gasteiger partial charge on any atom is -0.318 e. The largest absolute Gasteiger partial charge is 0.328 e. The Kier molecular flexibility index (Phi) is 4.01. The molecule has 1 saturated heterocycles. The highest BCUT2D eigenvalue weighted by molar-refractivity contribution is 14.1. The molecule has 0 radical (unpaired) electrons. The maximum absolute atomic E-state index is 12.0. The summed E-state index contributed by atoms with van der Waals surface area (Å²) in [6, 6.07) is 9.84. The second-order valence-electron chi connectivity index (χ2n) is 5.49. The number of aryl methyl sites for hydroxylation is 1. The van der Waals surface area contributed by atoms with Gasteiger partial charge in [-0.05, 0) is 72.3 Å². The summed E-state index contributed by atoms with van der Waals surface area (Å²) in [6.45, 7) is 4.03. The van der Waals surface area contributed by atoms with Gasteiger partial charge in [-0.15, -0.1) is 0 Å². The maximum Gasteiger partial charge on any atom is 0.328 e. The second kappa shape index (κ2) is 5.84. The molecule has 1 aliphatic heterocycles. The van der Waals surface area contributed by atoms with Crippen LogP contribution in [0.3, 0.4) is 0 Å². The summed E-state index contributed by atoms with van der Waals surface area (Å²) in [5.41, 5.74) is 4.39. The third-order valence-electron chi connectivity index (χ3n) is 3.92. The first-order valence-electron chi connectivity index (χ1n) is 7.14. The van der Waals surface area contributed by atoms with Gasteiger partial charge in [-0.25, -0.2) is 4.79 Å². The van der Waals surface area contributed by atoms with Gasteiger partial charge in [0.15, 0.2) is 0 Å². The van der Waals surface area contributed by atoms with Crippen LogP contribution in [0.2, 0.25) is 0 Å². The summed E-state index contributed by atoms with van der Waals surface area (Å²) in [5, 5.41) is 2.59. The molecule has 1 aliphatic rings. The first-order valence-corrected chi connectivity index (χ1v) is 8.22. The molecule has 3 rings (SSSR count). The number of halogens is 1. The third kappa shape index (κ3) is 2.78. The molecule has 2 aromatic rings. The van der Waals surface area contributed by atoms with Gasteiger partial charge in [0, 0.05) is 27.7 Å². The van der Waals surface area contributed by atoms with Gasteiger partial charge in [0.05, 0.1) is 0 Å². The number of amides is 3. The van der Waals surface area contributed by atoms with Crippen molar-refractivity contribution < 1.29 is 9.59 Å². The van der Waals surface area contributed by atoms with E-state index in [0.29, 0.717) is 5.70 Å². The number of nitrogens with one attached hydrogen (secondary N) is 1. The van der Waals surface area contributed by atoms with E-state index in [-0.39, 0.29) is 5.91 Å². The minimum atomic E-state index is -0.396. The van der Waals surface area contributed by atoms with E-state index in [4.69, 9.17) is 0 Å². The van der Waals surface area contributed by atoms with Crippen molar-refractivity contribution in [2.24, 2.45) is 0 Å². The zero-order valence-electron chi connectivity index (χ0n) is 13.1. The normalized spacial score (nSPS) is 16.3. The monoisotopic (exact) mass is 421 g/mol. The summed E-state index contributed by atoms with van der Waals surface area (Å²) in [6.07, 6.45) is 1.73. The maximum atomic E-state index is 12.0. The molecule has 1 fully saturated rings. The highest BCUT2D eigenvalue weighted by atomic mass is 127. The molecule has 0 aliphatic carbocycles.